The van der Waals surface area contributed by atoms with E-state index in [4.69, 9.17) is 4.74 Å². The monoisotopic (exact) mass is 422 g/mol. The Kier molecular flexibility index (Phi) is 6.99. The molecule has 0 radical (unpaired) electrons. The highest BCUT2D eigenvalue weighted by molar-refractivity contribution is 5.93. The highest BCUT2D eigenvalue weighted by Crippen LogP contribution is 2.29. The topological polar surface area (TPSA) is 46.0 Å². The molecule has 2 atom stereocenters. The van der Waals surface area contributed by atoms with Crippen molar-refractivity contribution in [1.29, 1.82) is 0 Å². The van der Waals surface area contributed by atoms with Gasteiger partial charge in [0.15, 0.2) is 6.04 Å². The number of halogens is 3. The molecular formula is C22H27F3N3O2+. The number of nitrogens with zero attached hydrogens (tertiary/aromatic N) is 1. The Labute approximate surface area is 174 Å². The lowest BCUT2D eigenvalue weighted by Gasteiger charge is -2.29. The van der Waals surface area contributed by atoms with Gasteiger partial charge < -0.3 is 19.9 Å². The third kappa shape index (κ3) is 5.73. The Morgan fingerprint density at radius 1 is 1.10 bits per heavy atom. The molecular weight excluding hydrogens is 395 g/mol. The van der Waals surface area contributed by atoms with Gasteiger partial charge in [0, 0.05) is 30.0 Å². The zero-order chi connectivity index (χ0) is 21.7. The van der Waals surface area contributed by atoms with Crippen LogP contribution in [0.25, 0.3) is 0 Å². The van der Waals surface area contributed by atoms with Crippen LogP contribution in [0.5, 0.6) is 0 Å². The first kappa shape index (κ1) is 22.1. The molecule has 1 heterocycles. The predicted octanol–water partition coefficient (Wildman–Crippen LogP) is 2.58. The number of quaternary nitrogens is 1. The molecule has 1 aliphatic heterocycles. The van der Waals surface area contributed by atoms with E-state index in [2.05, 4.69) is 10.2 Å². The van der Waals surface area contributed by atoms with Crippen LogP contribution in [0.2, 0.25) is 0 Å². The number of nitrogens with one attached hydrogen (secondary N) is 2. The summed E-state index contributed by atoms with van der Waals surface area (Å²) in [5.74, 6) is -0.140. The number of rotatable bonds is 6. The lowest BCUT2D eigenvalue weighted by atomic mass is 10.1. The van der Waals surface area contributed by atoms with Gasteiger partial charge >= 0.3 is 6.18 Å². The molecule has 2 aromatic carbocycles. The van der Waals surface area contributed by atoms with Crippen LogP contribution in [-0.2, 0) is 22.3 Å². The summed E-state index contributed by atoms with van der Waals surface area (Å²) >= 11 is 0. The van der Waals surface area contributed by atoms with Gasteiger partial charge in [0.25, 0.3) is 5.91 Å². The molecule has 1 amide bonds. The van der Waals surface area contributed by atoms with Crippen molar-refractivity contribution in [2.75, 3.05) is 43.6 Å². The summed E-state index contributed by atoms with van der Waals surface area (Å²) in [6.45, 7) is 5.37. The van der Waals surface area contributed by atoms with Crippen LogP contribution in [-0.4, -0.2) is 45.3 Å². The summed E-state index contributed by atoms with van der Waals surface area (Å²) in [6, 6.07) is 12.4. The minimum absolute atomic E-state index is 0.140. The first-order valence-corrected chi connectivity index (χ1v) is 9.96. The Morgan fingerprint density at radius 2 is 1.70 bits per heavy atom. The summed E-state index contributed by atoms with van der Waals surface area (Å²) in [6.07, 6.45) is -4.35. The fourth-order valence-corrected chi connectivity index (χ4v) is 3.34. The molecule has 2 N–H and O–H groups in total. The maximum Gasteiger partial charge on any atom is 0.416 e. The quantitative estimate of drug-likeness (QED) is 0.752. The van der Waals surface area contributed by atoms with Crippen LogP contribution in [0.4, 0.5) is 24.5 Å². The summed E-state index contributed by atoms with van der Waals surface area (Å²) < 4.78 is 43.4. The Morgan fingerprint density at radius 3 is 2.27 bits per heavy atom. The standard InChI is InChI=1S/C22H26F3N3O2/c1-16(27(2)15-17-3-5-18(6-4-17)22(23,24)25)21(29)26-19-7-9-20(10-8-19)28-11-13-30-14-12-28/h3-10,16H,11-15H2,1-2H3,(H,26,29)/p+1/t16-/m0/s1. The average molecular weight is 422 g/mol. The Balaban J connectivity index is 1.54. The number of benzene rings is 2. The molecule has 1 saturated heterocycles. The number of carbonyl (C=O) groups excluding carboxylic acids is 1. The van der Waals surface area contributed by atoms with Crippen LogP contribution in [0, 0.1) is 0 Å². The van der Waals surface area contributed by atoms with Gasteiger partial charge in [-0.1, -0.05) is 12.1 Å². The second-order valence-electron chi connectivity index (χ2n) is 7.58. The summed E-state index contributed by atoms with van der Waals surface area (Å²) in [5.41, 5.74) is 1.88. The zero-order valence-corrected chi connectivity index (χ0v) is 17.1. The third-order valence-electron chi connectivity index (χ3n) is 5.41. The second-order valence-corrected chi connectivity index (χ2v) is 7.58. The van der Waals surface area contributed by atoms with Gasteiger partial charge in [0.05, 0.1) is 25.8 Å². The van der Waals surface area contributed by atoms with Gasteiger partial charge in [0.2, 0.25) is 0 Å². The minimum atomic E-state index is -4.35. The summed E-state index contributed by atoms with van der Waals surface area (Å²) in [4.78, 5) is 15.7. The van der Waals surface area contributed by atoms with Gasteiger partial charge in [-0.2, -0.15) is 13.2 Å². The first-order valence-electron chi connectivity index (χ1n) is 9.96. The highest BCUT2D eigenvalue weighted by atomic mass is 19.4. The number of ether oxygens (including phenoxy) is 1. The molecule has 3 rings (SSSR count). The van der Waals surface area contributed by atoms with E-state index in [1.54, 1.807) is 6.92 Å². The number of carbonyl (C=O) groups is 1. The van der Waals surface area contributed by atoms with Crippen molar-refractivity contribution >= 4 is 17.3 Å². The van der Waals surface area contributed by atoms with E-state index >= 15 is 0 Å². The van der Waals surface area contributed by atoms with Gasteiger partial charge in [-0.3, -0.25) is 4.79 Å². The van der Waals surface area contributed by atoms with E-state index in [0.29, 0.717) is 25.4 Å². The maximum atomic E-state index is 12.7. The van der Waals surface area contributed by atoms with Crippen LogP contribution in [0.1, 0.15) is 18.1 Å². The zero-order valence-electron chi connectivity index (χ0n) is 17.1. The molecule has 1 unspecified atom stereocenters. The average Bonchev–Trinajstić information content (AvgIpc) is 2.74. The Bertz CT molecular complexity index is 832. The van der Waals surface area contributed by atoms with Gasteiger partial charge in [-0.15, -0.1) is 0 Å². The van der Waals surface area contributed by atoms with E-state index < -0.39 is 11.7 Å². The van der Waals surface area contributed by atoms with Crippen LogP contribution in [0.3, 0.4) is 0 Å². The van der Waals surface area contributed by atoms with Crippen molar-refractivity contribution < 1.29 is 27.6 Å². The van der Waals surface area contributed by atoms with E-state index in [0.717, 1.165) is 41.4 Å². The molecule has 5 nitrogen and oxygen atoms in total. The molecule has 0 saturated carbocycles. The van der Waals surface area contributed by atoms with E-state index in [1.165, 1.54) is 12.1 Å². The number of likely N-dealkylation sites (N-methyl/N-ethyl adjacent to an activating group) is 1. The van der Waals surface area contributed by atoms with Crippen molar-refractivity contribution in [2.24, 2.45) is 0 Å². The summed E-state index contributed by atoms with van der Waals surface area (Å²) in [7, 11) is 1.85. The fourth-order valence-electron chi connectivity index (χ4n) is 3.34. The molecule has 0 aromatic heterocycles. The number of hydrogen-bond acceptors (Lipinski definition) is 3. The first-order chi connectivity index (χ1) is 14.2. The molecule has 1 aliphatic rings. The molecule has 30 heavy (non-hydrogen) atoms. The van der Waals surface area contributed by atoms with Gasteiger partial charge in [-0.05, 0) is 43.3 Å². The minimum Gasteiger partial charge on any atom is -0.378 e. The SMILES string of the molecule is C[C@@H](C(=O)Nc1ccc(N2CCOCC2)cc1)[NH+](C)Cc1ccc(C(F)(F)F)cc1. The van der Waals surface area contributed by atoms with Crippen molar-refractivity contribution in [3.05, 3.63) is 59.7 Å². The van der Waals surface area contributed by atoms with Crippen molar-refractivity contribution in [3.63, 3.8) is 0 Å². The van der Waals surface area contributed by atoms with Crippen LogP contribution < -0.4 is 15.1 Å². The lowest BCUT2D eigenvalue weighted by Crippen LogP contribution is -3.12. The number of anilines is 2. The van der Waals surface area contributed by atoms with Crippen LogP contribution >= 0.6 is 0 Å². The number of hydrogen-bond donors (Lipinski definition) is 2. The van der Waals surface area contributed by atoms with Crippen molar-refractivity contribution in [1.82, 2.24) is 0 Å². The number of morpholine rings is 1. The van der Waals surface area contributed by atoms with Gasteiger partial charge in [-0.25, -0.2) is 0 Å². The predicted molar refractivity (Wildman–Crippen MR) is 110 cm³/mol. The fraction of sp³-hybridized carbons (Fsp3) is 0.409. The summed E-state index contributed by atoms with van der Waals surface area (Å²) in [5, 5.41) is 2.92. The third-order valence-corrected chi connectivity index (χ3v) is 5.41. The number of amides is 1. The van der Waals surface area contributed by atoms with E-state index in [1.807, 2.05) is 31.3 Å². The molecule has 0 bridgehead atoms. The van der Waals surface area contributed by atoms with E-state index in [9.17, 15) is 18.0 Å². The molecule has 1 fully saturated rings. The highest BCUT2D eigenvalue weighted by Gasteiger charge is 2.30. The molecule has 0 aliphatic carbocycles. The molecule has 162 valence electrons. The maximum absolute atomic E-state index is 12.7. The largest absolute Gasteiger partial charge is 0.416 e. The second kappa shape index (κ2) is 9.49. The molecule has 2 aromatic rings. The van der Waals surface area contributed by atoms with Gasteiger partial charge in [0.1, 0.15) is 6.54 Å². The van der Waals surface area contributed by atoms with Crippen LogP contribution in [0.15, 0.2) is 48.5 Å². The van der Waals surface area contributed by atoms with Crippen molar-refractivity contribution in [3.8, 4) is 0 Å². The molecule has 0 spiro atoms. The smallest absolute Gasteiger partial charge is 0.378 e. The Hall–Kier alpha value is -2.58. The van der Waals surface area contributed by atoms with E-state index in [-0.39, 0.29) is 11.9 Å². The lowest BCUT2D eigenvalue weighted by molar-refractivity contribution is -0.907. The van der Waals surface area contributed by atoms with Crippen molar-refractivity contribution in [2.45, 2.75) is 25.7 Å². The molecule has 8 heteroatoms. The number of alkyl halides is 3. The normalized spacial score (nSPS) is 16.8.